The largest absolute Gasteiger partial charge is 0.383 e. The Hall–Kier alpha value is -1.46. The van der Waals surface area contributed by atoms with Gasteiger partial charge in [-0.15, -0.1) is 11.3 Å². The van der Waals surface area contributed by atoms with Gasteiger partial charge in [-0.2, -0.15) is 0 Å². The molecule has 0 aromatic carbocycles. The summed E-state index contributed by atoms with van der Waals surface area (Å²) in [5, 5.41) is 3.06. The number of nitrogen functional groups attached to an aromatic ring is 1. The van der Waals surface area contributed by atoms with Crippen LogP contribution in [0.15, 0.2) is 23.7 Å². The first-order valence-corrected chi connectivity index (χ1v) is 5.92. The summed E-state index contributed by atoms with van der Waals surface area (Å²) in [5.41, 5.74) is 13.8. The number of rotatable bonds is 3. The van der Waals surface area contributed by atoms with E-state index in [0.717, 1.165) is 16.3 Å². The Morgan fingerprint density at radius 1 is 1.50 bits per heavy atom. The van der Waals surface area contributed by atoms with Crippen molar-refractivity contribution >= 4 is 17.2 Å². The summed E-state index contributed by atoms with van der Waals surface area (Å²) in [6.07, 6.45) is 2.37. The van der Waals surface area contributed by atoms with Crippen molar-refractivity contribution in [2.45, 2.75) is 19.4 Å². The van der Waals surface area contributed by atoms with E-state index in [9.17, 15) is 0 Å². The van der Waals surface area contributed by atoms with E-state index < -0.39 is 0 Å². The first-order chi connectivity index (χ1) is 7.66. The van der Waals surface area contributed by atoms with E-state index in [-0.39, 0.29) is 6.04 Å². The maximum Gasteiger partial charge on any atom is 0.128 e. The van der Waals surface area contributed by atoms with Crippen molar-refractivity contribution in [3.63, 3.8) is 0 Å². The van der Waals surface area contributed by atoms with Crippen molar-refractivity contribution in [3.05, 3.63) is 40.0 Å². The molecule has 0 radical (unpaired) electrons. The van der Waals surface area contributed by atoms with Gasteiger partial charge in [0, 0.05) is 35.3 Å². The average molecular weight is 234 g/mol. The summed E-state index contributed by atoms with van der Waals surface area (Å²) < 4.78 is 0. The van der Waals surface area contributed by atoms with Gasteiger partial charge in [0.2, 0.25) is 0 Å². The molecule has 0 aliphatic carbocycles. The number of hydrogen-bond acceptors (Lipinski definition) is 5. The van der Waals surface area contributed by atoms with Crippen molar-refractivity contribution in [2.75, 3.05) is 5.73 Å². The molecular formula is C11H14N4S. The van der Waals surface area contributed by atoms with Crippen LogP contribution in [0.25, 0.3) is 0 Å². The summed E-state index contributed by atoms with van der Waals surface area (Å²) in [7, 11) is 0. The minimum absolute atomic E-state index is 0.140. The topological polar surface area (TPSA) is 77.8 Å². The summed E-state index contributed by atoms with van der Waals surface area (Å²) in [6, 6.07) is 3.62. The molecule has 4 nitrogen and oxygen atoms in total. The molecule has 1 atom stereocenters. The van der Waals surface area contributed by atoms with Gasteiger partial charge in [-0.25, -0.2) is 9.97 Å². The molecule has 2 aromatic rings. The van der Waals surface area contributed by atoms with Crippen molar-refractivity contribution < 1.29 is 0 Å². The van der Waals surface area contributed by atoms with Crippen LogP contribution < -0.4 is 11.5 Å². The van der Waals surface area contributed by atoms with Gasteiger partial charge in [-0.1, -0.05) is 6.07 Å². The second-order valence-corrected chi connectivity index (χ2v) is 4.61. The third-order valence-corrected chi connectivity index (χ3v) is 3.32. The summed E-state index contributed by atoms with van der Waals surface area (Å²) >= 11 is 1.63. The van der Waals surface area contributed by atoms with Crippen LogP contribution in [-0.2, 0) is 6.42 Å². The van der Waals surface area contributed by atoms with Gasteiger partial charge in [0.05, 0.1) is 5.01 Å². The molecule has 2 rings (SSSR count). The number of pyridine rings is 1. The summed E-state index contributed by atoms with van der Waals surface area (Å²) in [5.74, 6) is 0.503. The van der Waals surface area contributed by atoms with E-state index in [1.54, 1.807) is 17.5 Å². The Morgan fingerprint density at radius 3 is 2.94 bits per heavy atom. The molecule has 4 N–H and O–H groups in total. The van der Waals surface area contributed by atoms with Crippen LogP contribution in [0.1, 0.15) is 22.3 Å². The van der Waals surface area contributed by atoms with Gasteiger partial charge < -0.3 is 11.5 Å². The second-order valence-electron chi connectivity index (χ2n) is 3.67. The molecule has 0 fully saturated rings. The molecule has 0 aliphatic heterocycles. The van der Waals surface area contributed by atoms with E-state index >= 15 is 0 Å². The minimum Gasteiger partial charge on any atom is -0.383 e. The molecule has 5 heteroatoms. The van der Waals surface area contributed by atoms with E-state index in [0.29, 0.717) is 12.2 Å². The predicted molar refractivity (Wildman–Crippen MR) is 66.1 cm³/mol. The van der Waals surface area contributed by atoms with Crippen LogP contribution in [-0.4, -0.2) is 9.97 Å². The highest BCUT2D eigenvalue weighted by Crippen LogP contribution is 2.21. The highest BCUT2D eigenvalue weighted by molar-refractivity contribution is 7.09. The lowest BCUT2D eigenvalue weighted by Crippen LogP contribution is -2.15. The van der Waals surface area contributed by atoms with Gasteiger partial charge in [-0.05, 0) is 13.0 Å². The summed E-state index contributed by atoms with van der Waals surface area (Å²) in [6.45, 7) is 1.98. The maximum atomic E-state index is 6.08. The summed E-state index contributed by atoms with van der Waals surface area (Å²) in [4.78, 5) is 8.41. The first kappa shape index (κ1) is 11.0. The van der Waals surface area contributed by atoms with E-state index in [1.807, 2.05) is 24.4 Å². The van der Waals surface area contributed by atoms with Gasteiger partial charge in [-0.3, -0.25) is 0 Å². The Labute approximate surface area is 98.3 Å². The average Bonchev–Trinajstić information content (AvgIpc) is 2.64. The van der Waals surface area contributed by atoms with Gasteiger partial charge in [0.15, 0.2) is 0 Å². The van der Waals surface area contributed by atoms with E-state index in [4.69, 9.17) is 11.5 Å². The molecular weight excluding hydrogens is 220 g/mol. The number of anilines is 1. The zero-order valence-corrected chi connectivity index (χ0v) is 9.87. The zero-order valence-electron chi connectivity index (χ0n) is 9.05. The number of nitrogens with zero attached hydrogens (tertiary/aromatic N) is 2. The molecule has 2 aromatic heterocycles. The third-order valence-electron chi connectivity index (χ3n) is 2.33. The van der Waals surface area contributed by atoms with Gasteiger partial charge in [0.1, 0.15) is 5.82 Å². The Kier molecular flexibility index (Phi) is 3.17. The molecule has 0 aliphatic rings. The van der Waals surface area contributed by atoms with Gasteiger partial charge >= 0.3 is 0 Å². The van der Waals surface area contributed by atoms with E-state index in [1.165, 1.54) is 0 Å². The SMILES string of the molecule is Cc1csc(CC(N)c2cccnc2N)n1. The van der Waals surface area contributed by atoms with Gasteiger partial charge in [0.25, 0.3) is 0 Å². The lowest BCUT2D eigenvalue weighted by atomic mass is 10.1. The maximum absolute atomic E-state index is 6.08. The number of hydrogen-bond donors (Lipinski definition) is 2. The lowest BCUT2D eigenvalue weighted by Gasteiger charge is -2.11. The highest BCUT2D eigenvalue weighted by atomic mass is 32.1. The van der Waals surface area contributed by atoms with Crippen molar-refractivity contribution in [2.24, 2.45) is 5.73 Å². The molecule has 0 saturated heterocycles. The van der Waals surface area contributed by atoms with Crippen molar-refractivity contribution in [1.82, 2.24) is 9.97 Å². The fourth-order valence-electron chi connectivity index (χ4n) is 1.54. The van der Waals surface area contributed by atoms with Crippen LogP contribution in [0.2, 0.25) is 0 Å². The quantitative estimate of drug-likeness (QED) is 0.846. The Morgan fingerprint density at radius 2 is 2.31 bits per heavy atom. The first-order valence-electron chi connectivity index (χ1n) is 5.04. The molecule has 0 amide bonds. The third kappa shape index (κ3) is 2.37. The zero-order chi connectivity index (χ0) is 11.5. The highest BCUT2D eigenvalue weighted by Gasteiger charge is 2.12. The Balaban J connectivity index is 2.14. The Bertz CT molecular complexity index is 480. The number of thiazole rings is 1. The second kappa shape index (κ2) is 4.59. The van der Waals surface area contributed by atoms with Crippen LogP contribution in [0.4, 0.5) is 5.82 Å². The van der Waals surface area contributed by atoms with Crippen molar-refractivity contribution in [3.8, 4) is 0 Å². The van der Waals surface area contributed by atoms with Crippen molar-refractivity contribution in [1.29, 1.82) is 0 Å². The molecule has 2 heterocycles. The molecule has 84 valence electrons. The van der Waals surface area contributed by atoms with Crippen LogP contribution in [0, 0.1) is 6.92 Å². The molecule has 1 unspecified atom stereocenters. The lowest BCUT2D eigenvalue weighted by molar-refractivity contribution is 0.716. The molecule has 16 heavy (non-hydrogen) atoms. The van der Waals surface area contributed by atoms with Crippen LogP contribution in [0.5, 0.6) is 0 Å². The number of nitrogens with two attached hydrogens (primary N) is 2. The fourth-order valence-corrected chi connectivity index (χ4v) is 2.37. The smallest absolute Gasteiger partial charge is 0.128 e. The normalized spacial score (nSPS) is 12.6. The number of aryl methyl sites for hydroxylation is 1. The predicted octanol–water partition coefficient (Wildman–Crippen LogP) is 1.67. The number of aromatic nitrogens is 2. The molecule has 0 spiro atoms. The molecule has 0 saturated carbocycles. The monoisotopic (exact) mass is 234 g/mol. The standard InChI is InChI=1S/C11H14N4S/c1-7-6-16-10(15-7)5-9(12)8-3-2-4-14-11(8)13/h2-4,6,9H,5,12H2,1H3,(H2,13,14). The fraction of sp³-hybridized carbons (Fsp3) is 0.273. The minimum atomic E-state index is -0.140. The van der Waals surface area contributed by atoms with Crippen LogP contribution >= 0.6 is 11.3 Å². The molecule has 0 bridgehead atoms. The van der Waals surface area contributed by atoms with Crippen LogP contribution in [0.3, 0.4) is 0 Å². The van der Waals surface area contributed by atoms with E-state index in [2.05, 4.69) is 9.97 Å².